The zero-order valence-electron chi connectivity index (χ0n) is 8.39. The average molecular weight is 191 g/mol. The molecule has 0 aromatic carbocycles. The molecule has 0 spiro atoms. The van der Waals surface area contributed by atoms with Gasteiger partial charge in [0.05, 0.1) is 0 Å². The zero-order chi connectivity index (χ0) is 9.57. The van der Waals surface area contributed by atoms with Gasteiger partial charge in [-0.15, -0.1) is 0 Å². The van der Waals surface area contributed by atoms with Gasteiger partial charge in [-0.05, 0) is 20.0 Å². The summed E-state index contributed by atoms with van der Waals surface area (Å²) in [7, 11) is 6.40. The lowest BCUT2D eigenvalue weighted by Crippen LogP contribution is -2.62. The third kappa shape index (κ3) is 1.52. The van der Waals surface area contributed by atoms with E-state index in [4.69, 9.17) is 0 Å². The van der Waals surface area contributed by atoms with Crippen molar-refractivity contribution in [2.45, 2.75) is 37.6 Å². The SMILES string of the molecule is CC(C)C1(N(C)C)CC(F)(P)C1. The Balaban J connectivity index is 2.69. The van der Waals surface area contributed by atoms with Gasteiger partial charge < -0.3 is 4.90 Å². The van der Waals surface area contributed by atoms with E-state index < -0.39 is 5.41 Å². The van der Waals surface area contributed by atoms with Crippen LogP contribution in [0.3, 0.4) is 0 Å². The van der Waals surface area contributed by atoms with Crippen molar-refractivity contribution in [3.8, 4) is 0 Å². The molecule has 0 bridgehead atoms. The fraction of sp³-hybridized carbons (Fsp3) is 1.00. The van der Waals surface area contributed by atoms with Crippen molar-refractivity contribution in [2.75, 3.05) is 14.1 Å². The molecule has 1 atom stereocenters. The smallest absolute Gasteiger partial charge is 0.127 e. The van der Waals surface area contributed by atoms with Gasteiger partial charge >= 0.3 is 0 Å². The Morgan fingerprint density at radius 2 is 1.75 bits per heavy atom. The lowest BCUT2D eigenvalue weighted by molar-refractivity contribution is -0.0624. The van der Waals surface area contributed by atoms with Crippen LogP contribution < -0.4 is 0 Å². The van der Waals surface area contributed by atoms with Gasteiger partial charge in [0.15, 0.2) is 0 Å². The summed E-state index contributed by atoms with van der Waals surface area (Å²) in [6.45, 7) is 4.33. The molecule has 0 aromatic rings. The van der Waals surface area contributed by atoms with Gasteiger partial charge in [0.1, 0.15) is 5.41 Å². The van der Waals surface area contributed by atoms with Crippen molar-refractivity contribution >= 4 is 9.24 Å². The molecule has 3 heteroatoms. The van der Waals surface area contributed by atoms with E-state index in [0.717, 1.165) is 0 Å². The quantitative estimate of drug-likeness (QED) is 0.605. The first-order chi connectivity index (χ1) is 5.30. The molecule has 0 aromatic heterocycles. The Labute approximate surface area is 76.9 Å². The van der Waals surface area contributed by atoms with Crippen molar-refractivity contribution in [1.82, 2.24) is 4.90 Å². The van der Waals surface area contributed by atoms with E-state index in [-0.39, 0.29) is 5.54 Å². The second-order valence-electron chi connectivity index (χ2n) is 4.54. The van der Waals surface area contributed by atoms with E-state index >= 15 is 0 Å². The Morgan fingerprint density at radius 3 is 1.83 bits per heavy atom. The normalized spacial score (nSPS) is 42.0. The fourth-order valence-corrected chi connectivity index (χ4v) is 2.91. The molecule has 12 heavy (non-hydrogen) atoms. The van der Waals surface area contributed by atoms with Crippen LogP contribution in [0.1, 0.15) is 26.7 Å². The third-order valence-corrected chi connectivity index (χ3v) is 3.57. The minimum atomic E-state index is -1.01. The van der Waals surface area contributed by atoms with Gasteiger partial charge in [0, 0.05) is 18.4 Å². The number of alkyl halides is 1. The van der Waals surface area contributed by atoms with Gasteiger partial charge in [0.2, 0.25) is 0 Å². The van der Waals surface area contributed by atoms with Gasteiger partial charge in [-0.2, -0.15) is 0 Å². The number of halogens is 1. The minimum Gasteiger partial charge on any atom is -0.303 e. The highest BCUT2D eigenvalue weighted by Gasteiger charge is 2.55. The highest BCUT2D eigenvalue weighted by molar-refractivity contribution is 7.18. The second-order valence-corrected chi connectivity index (χ2v) is 5.58. The lowest BCUT2D eigenvalue weighted by Gasteiger charge is -2.56. The van der Waals surface area contributed by atoms with Crippen LogP contribution in [-0.4, -0.2) is 29.9 Å². The number of nitrogens with zero attached hydrogens (tertiary/aromatic N) is 1. The molecule has 0 heterocycles. The fourth-order valence-electron chi connectivity index (χ4n) is 2.21. The Bertz CT molecular complexity index is 159. The second kappa shape index (κ2) is 2.92. The van der Waals surface area contributed by atoms with Crippen LogP contribution in [0.4, 0.5) is 4.39 Å². The third-order valence-electron chi connectivity index (χ3n) is 3.17. The van der Waals surface area contributed by atoms with Crippen molar-refractivity contribution < 1.29 is 4.39 Å². The standard InChI is InChI=1S/C9H19FNP/c1-7(2)8(11(3)4)5-9(10,12)6-8/h7H,5-6,12H2,1-4H3. The molecule has 1 aliphatic carbocycles. The minimum absolute atomic E-state index is 0.0938. The molecule has 0 N–H and O–H groups in total. The van der Waals surface area contributed by atoms with Crippen LogP contribution in [0.15, 0.2) is 0 Å². The van der Waals surface area contributed by atoms with Crippen LogP contribution in [-0.2, 0) is 0 Å². The molecular formula is C9H19FNP. The maximum absolute atomic E-state index is 13.4. The first-order valence-electron chi connectivity index (χ1n) is 4.45. The van der Waals surface area contributed by atoms with E-state index in [9.17, 15) is 4.39 Å². The molecule has 0 radical (unpaired) electrons. The predicted molar refractivity (Wildman–Crippen MR) is 54.0 cm³/mol. The lowest BCUT2D eigenvalue weighted by atomic mass is 9.66. The van der Waals surface area contributed by atoms with E-state index in [0.29, 0.717) is 18.8 Å². The molecule has 1 saturated carbocycles. The van der Waals surface area contributed by atoms with Crippen LogP contribution in [0.25, 0.3) is 0 Å². The summed E-state index contributed by atoms with van der Waals surface area (Å²) < 4.78 is 13.4. The number of rotatable bonds is 2. The molecule has 1 fully saturated rings. The van der Waals surface area contributed by atoms with E-state index in [1.165, 1.54) is 0 Å². The monoisotopic (exact) mass is 191 g/mol. The molecule has 1 nitrogen and oxygen atoms in total. The summed E-state index contributed by atoms with van der Waals surface area (Å²) in [5.74, 6) is 0.525. The molecule has 1 rings (SSSR count). The number of hydrogen-bond donors (Lipinski definition) is 0. The Kier molecular flexibility index (Phi) is 2.53. The van der Waals surface area contributed by atoms with Crippen molar-refractivity contribution in [2.24, 2.45) is 5.92 Å². The van der Waals surface area contributed by atoms with Crippen LogP contribution in [0, 0.1) is 5.92 Å². The summed E-state index contributed by atoms with van der Waals surface area (Å²) >= 11 is 0. The summed E-state index contributed by atoms with van der Waals surface area (Å²) in [5.41, 5.74) is 0.0938. The van der Waals surface area contributed by atoms with E-state index in [1.54, 1.807) is 0 Å². The predicted octanol–water partition coefficient (Wildman–Crippen LogP) is 2.28. The van der Waals surface area contributed by atoms with Crippen molar-refractivity contribution in [3.05, 3.63) is 0 Å². The van der Waals surface area contributed by atoms with Crippen molar-refractivity contribution in [3.63, 3.8) is 0 Å². The molecule has 1 aliphatic rings. The summed E-state index contributed by atoms with van der Waals surface area (Å²) in [6.07, 6.45) is 1.30. The first kappa shape index (κ1) is 10.4. The van der Waals surface area contributed by atoms with Gasteiger partial charge in [0.25, 0.3) is 0 Å². The van der Waals surface area contributed by atoms with Crippen LogP contribution >= 0.6 is 9.24 Å². The van der Waals surface area contributed by atoms with Gasteiger partial charge in [-0.1, -0.05) is 23.1 Å². The maximum Gasteiger partial charge on any atom is 0.127 e. The van der Waals surface area contributed by atoms with E-state index in [2.05, 4.69) is 28.0 Å². The summed E-state index contributed by atoms with van der Waals surface area (Å²) in [5, 5.41) is -1.01. The molecular weight excluding hydrogens is 172 g/mol. The maximum atomic E-state index is 13.4. The largest absolute Gasteiger partial charge is 0.303 e. The topological polar surface area (TPSA) is 3.24 Å². The average Bonchev–Trinajstić information content (AvgIpc) is 1.80. The molecule has 72 valence electrons. The molecule has 0 aliphatic heterocycles. The molecule has 0 saturated heterocycles. The summed E-state index contributed by atoms with van der Waals surface area (Å²) in [6, 6.07) is 0. The highest BCUT2D eigenvalue weighted by atomic mass is 31.0. The summed E-state index contributed by atoms with van der Waals surface area (Å²) in [4.78, 5) is 2.17. The highest BCUT2D eigenvalue weighted by Crippen LogP contribution is 2.54. The van der Waals surface area contributed by atoms with E-state index in [1.807, 2.05) is 14.1 Å². The number of hydrogen-bond acceptors (Lipinski definition) is 1. The first-order valence-corrected chi connectivity index (χ1v) is 5.03. The van der Waals surface area contributed by atoms with Gasteiger partial charge in [-0.25, -0.2) is 4.39 Å². The zero-order valence-corrected chi connectivity index (χ0v) is 9.55. The van der Waals surface area contributed by atoms with Gasteiger partial charge in [-0.3, -0.25) is 0 Å². The molecule has 1 unspecified atom stereocenters. The van der Waals surface area contributed by atoms with Crippen molar-refractivity contribution in [1.29, 1.82) is 0 Å². The van der Waals surface area contributed by atoms with Crippen LogP contribution in [0.5, 0.6) is 0 Å². The Morgan fingerprint density at radius 1 is 1.33 bits per heavy atom. The molecule has 0 amide bonds. The Hall–Kier alpha value is 0.320. The van der Waals surface area contributed by atoms with Crippen LogP contribution in [0.2, 0.25) is 0 Å².